The van der Waals surface area contributed by atoms with Crippen LogP contribution in [0.3, 0.4) is 0 Å². The molecule has 16 heavy (non-hydrogen) atoms. The molecule has 0 fully saturated rings. The van der Waals surface area contributed by atoms with E-state index in [1.807, 2.05) is 0 Å². The highest BCUT2D eigenvalue weighted by molar-refractivity contribution is 6.30. The SMILES string of the molecule is Nc1ccc(F)c(-c2cccc(Cl)c2)c1F. The molecule has 0 heterocycles. The number of anilines is 1. The monoisotopic (exact) mass is 239 g/mol. The summed E-state index contributed by atoms with van der Waals surface area (Å²) in [5, 5.41) is 0.415. The lowest BCUT2D eigenvalue weighted by Gasteiger charge is -2.07. The molecular weight excluding hydrogens is 232 g/mol. The Balaban J connectivity index is 2.68. The molecule has 0 saturated carbocycles. The van der Waals surface area contributed by atoms with Crippen LogP contribution in [0.2, 0.25) is 5.02 Å². The summed E-state index contributed by atoms with van der Waals surface area (Å²) in [4.78, 5) is 0. The zero-order chi connectivity index (χ0) is 11.7. The molecule has 2 aromatic rings. The largest absolute Gasteiger partial charge is 0.396 e. The lowest BCUT2D eigenvalue weighted by atomic mass is 10.0. The first-order chi connectivity index (χ1) is 7.59. The van der Waals surface area contributed by atoms with Gasteiger partial charge >= 0.3 is 0 Å². The Morgan fingerprint density at radius 3 is 2.50 bits per heavy atom. The molecule has 2 N–H and O–H groups in total. The summed E-state index contributed by atoms with van der Waals surface area (Å²) in [6, 6.07) is 8.65. The molecule has 0 aliphatic heterocycles. The van der Waals surface area contributed by atoms with Gasteiger partial charge in [-0.3, -0.25) is 0 Å². The van der Waals surface area contributed by atoms with E-state index in [4.69, 9.17) is 17.3 Å². The zero-order valence-electron chi connectivity index (χ0n) is 8.18. The quantitative estimate of drug-likeness (QED) is 0.751. The highest BCUT2D eigenvalue weighted by Crippen LogP contribution is 2.30. The molecule has 0 saturated heterocycles. The molecule has 2 aromatic carbocycles. The van der Waals surface area contributed by atoms with E-state index in [1.165, 1.54) is 12.1 Å². The van der Waals surface area contributed by atoms with Gasteiger partial charge in [0.15, 0.2) is 5.82 Å². The molecule has 1 nitrogen and oxygen atoms in total. The topological polar surface area (TPSA) is 26.0 Å². The fraction of sp³-hybridized carbons (Fsp3) is 0. The van der Waals surface area contributed by atoms with Crippen LogP contribution in [0.5, 0.6) is 0 Å². The normalized spacial score (nSPS) is 10.4. The molecule has 2 rings (SSSR count). The van der Waals surface area contributed by atoms with Gasteiger partial charge in [0.2, 0.25) is 0 Å². The van der Waals surface area contributed by atoms with Gasteiger partial charge in [-0.25, -0.2) is 8.78 Å². The first kappa shape index (κ1) is 10.9. The number of rotatable bonds is 1. The molecule has 4 heteroatoms. The van der Waals surface area contributed by atoms with Crippen molar-refractivity contribution in [2.75, 3.05) is 5.73 Å². The zero-order valence-corrected chi connectivity index (χ0v) is 8.93. The van der Waals surface area contributed by atoms with Crippen LogP contribution in [-0.4, -0.2) is 0 Å². The van der Waals surface area contributed by atoms with Crippen LogP contribution in [0.1, 0.15) is 0 Å². The molecule has 0 aliphatic carbocycles. The number of nitrogen functional groups attached to an aromatic ring is 1. The molecule has 0 amide bonds. The predicted molar refractivity (Wildman–Crippen MR) is 61.2 cm³/mol. The van der Waals surface area contributed by atoms with E-state index < -0.39 is 11.6 Å². The molecular formula is C12H8ClF2N. The summed E-state index contributed by atoms with van der Waals surface area (Å²) in [6.07, 6.45) is 0. The Morgan fingerprint density at radius 2 is 1.81 bits per heavy atom. The molecule has 0 atom stereocenters. The van der Waals surface area contributed by atoms with Crippen LogP contribution in [0.15, 0.2) is 36.4 Å². The molecule has 0 bridgehead atoms. The maximum atomic E-state index is 13.7. The fourth-order valence-electron chi connectivity index (χ4n) is 1.48. The summed E-state index contributed by atoms with van der Waals surface area (Å²) in [7, 11) is 0. The lowest BCUT2D eigenvalue weighted by molar-refractivity contribution is 0.592. The Bertz CT molecular complexity index is 541. The van der Waals surface area contributed by atoms with Crippen molar-refractivity contribution in [2.45, 2.75) is 0 Å². The van der Waals surface area contributed by atoms with Gasteiger partial charge in [0.1, 0.15) is 5.82 Å². The van der Waals surface area contributed by atoms with Crippen LogP contribution < -0.4 is 5.73 Å². The van der Waals surface area contributed by atoms with Gasteiger partial charge in [0, 0.05) is 5.02 Å². The third-order valence-corrected chi connectivity index (χ3v) is 2.47. The molecule has 0 radical (unpaired) electrons. The Hall–Kier alpha value is -1.61. The number of hydrogen-bond donors (Lipinski definition) is 1. The van der Waals surface area contributed by atoms with Crippen molar-refractivity contribution in [3.63, 3.8) is 0 Å². The molecule has 82 valence electrons. The average Bonchev–Trinajstić information content (AvgIpc) is 2.24. The van der Waals surface area contributed by atoms with Crippen molar-refractivity contribution < 1.29 is 8.78 Å². The van der Waals surface area contributed by atoms with E-state index in [2.05, 4.69) is 0 Å². The van der Waals surface area contributed by atoms with Gasteiger partial charge in [-0.1, -0.05) is 23.7 Å². The summed E-state index contributed by atoms with van der Waals surface area (Å²) < 4.78 is 27.2. The maximum absolute atomic E-state index is 13.7. The van der Waals surface area contributed by atoms with E-state index in [0.29, 0.717) is 10.6 Å². The predicted octanol–water partition coefficient (Wildman–Crippen LogP) is 3.87. The number of benzene rings is 2. The van der Waals surface area contributed by atoms with Gasteiger partial charge in [-0.2, -0.15) is 0 Å². The van der Waals surface area contributed by atoms with Crippen LogP contribution in [-0.2, 0) is 0 Å². The highest BCUT2D eigenvalue weighted by atomic mass is 35.5. The smallest absolute Gasteiger partial charge is 0.156 e. The summed E-state index contributed by atoms with van der Waals surface area (Å²) >= 11 is 5.76. The van der Waals surface area contributed by atoms with E-state index in [0.717, 1.165) is 6.07 Å². The minimum Gasteiger partial charge on any atom is -0.396 e. The lowest BCUT2D eigenvalue weighted by Crippen LogP contribution is -1.96. The molecule has 0 aliphatic rings. The van der Waals surface area contributed by atoms with E-state index >= 15 is 0 Å². The fourth-order valence-corrected chi connectivity index (χ4v) is 1.67. The minimum atomic E-state index is -0.762. The molecule has 0 unspecified atom stereocenters. The Morgan fingerprint density at radius 1 is 1.06 bits per heavy atom. The first-order valence-electron chi connectivity index (χ1n) is 4.59. The molecule has 0 spiro atoms. The minimum absolute atomic E-state index is 0.0867. The van der Waals surface area contributed by atoms with Gasteiger partial charge in [0.25, 0.3) is 0 Å². The van der Waals surface area contributed by atoms with Crippen molar-refractivity contribution >= 4 is 17.3 Å². The molecule has 0 aromatic heterocycles. The highest BCUT2D eigenvalue weighted by Gasteiger charge is 2.13. The van der Waals surface area contributed by atoms with Crippen molar-refractivity contribution in [3.8, 4) is 11.1 Å². The summed E-state index contributed by atoms with van der Waals surface area (Å²) in [5.74, 6) is -1.42. The third-order valence-electron chi connectivity index (χ3n) is 2.23. The standard InChI is InChI=1S/C12H8ClF2N/c13-8-3-1-2-7(6-8)11-9(14)4-5-10(16)12(11)15/h1-6H,16H2. The summed E-state index contributed by atoms with van der Waals surface area (Å²) in [5.41, 5.74) is 5.52. The summed E-state index contributed by atoms with van der Waals surface area (Å²) in [6.45, 7) is 0. The number of hydrogen-bond acceptors (Lipinski definition) is 1. The van der Waals surface area contributed by atoms with Crippen LogP contribution in [0.4, 0.5) is 14.5 Å². The van der Waals surface area contributed by atoms with Crippen LogP contribution in [0.25, 0.3) is 11.1 Å². The van der Waals surface area contributed by atoms with E-state index in [9.17, 15) is 8.78 Å². The van der Waals surface area contributed by atoms with Crippen molar-refractivity contribution in [1.82, 2.24) is 0 Å². The Labute approximate surface area is 96.5 Å². The maximum Gasteiger partial charge on any atom is 0.156 e. The van der Waals surface area contributed by atoms with Gasteiger partial charge < -0.3 is 5.73 Å². The van der Waals surface area contributed by atoms with E-state index in [-0.39, 0.29) is 11.3 Å². The average molecular weight is 240 g/mol. The second-order valence-corrected chi connectivity index (χ2v) is 3.77. The number of nitrogens with two attached hydrogens (primary N) is 1. The Kier molecular flexibility index (Phi) is 2.79. The van der Waals surface area contributed by atoms with E-state index in [1.54, 1.807) is 18.2 Å². The first-order valence-corrected chi connectivity index (χ1v) is 4.97. The van der Waals surface area contributed by atoms with Crippen molar-refractivity contribution in [3.05, 3.63) is 53.1 Å². The van der Waals surface area contributed by atoms with Crippen molar-refractivity contribution in [2.24, 2.45) is 0 Å². The van der Waals surface area contributed by atoms with Gasteiger partial charge in [0.05, 0.1) is 11.3 Å². The number of halogens is 3. The second-order valence-electron chi connectivity index (χ2n) is 3.34. The van der Waals surface area contributed by atoms with Crippen LogP contribution in [0, 0.1) is 11.6 Å². The van der Waals surface area contributed by atoms with Crippen molar-refractivity contribution in [1.29, 1.82) is 0 Å². The van der Waals surface area contributed by atoms with Crippen LogP contribution >= 0.6 is 11.6 Å². The second kappa shape index (κ2) is 4.10. The van der Waals surface area contributed by atoms with Gasteiger partial charge in [-0.05, 0) is 29.8 Å². The third kappa shape index (κ3) is 1.86. The van der Waals surface area contributed by atoms with Gasteiger partial charge in [-0.15, -0.1) is 0 Å².